The van der Waals surface area contributed by atoms with E-state index in [1.807, 2.05) is 0 Å². The van der Waals surface area contributed by atoms with Gasteiger partial charge in [-0.25, -0.2) is 0 Å². The number of likely N-dealkylation sites (N-methyl/N-ethyl adjacent to an activating group) is 1. The monoisotopic (exact) mass is 262 g/mol. The van der Waals surface area contributed by atoms with Gasteiger partial charge in [0.1, 0.15) is 0 Å². The zero-order valence-corrected chi connectivity index (χ0v) is 12.1. The second kappa shape index (κ2) is 6.92. The normalized spacial score (nSPS) is 18.3. The van der Waals surface area contributed by atoms with Crippen molar-refractivity contribution in [2.24, 2.45) is 11.7 Å². The SMILES string of the molecule is CCN(c1ccc(C)cc1)C(CN)C1CCOCC1. The van der Waals surface area contributed by atoms with Crippen LogP contribution in [0.2, 0.25) is 0 Å². The van der Waals surface area contributed by atoms with E-state index in [0.717, 1.165) is 32.6 Å². The second-order valence-electron chi connectivity index (χ2n) is 5.37. The maximum atomic E-state index is 6.06. The maximum absolute atomic E-state index is 6.06. The summed E-state index contributed by atoms with van der Waals surface area (Å²) < 4.78 is 5.47. The van der Waals surface area contributed by atoms with Gasteiger partial charge in [0.25, 0.3) is 0 Å². The van der Waals surface area contributed by atoms with E-state index in [0.29, 0.717) is 18.5 Å². The summed E-state index contributed by atoms with van der Waals surface area (Å²) in [5.41, 5.74) is 8.65. The standard InChI is InChI=1S/C16H26N2O/c1-3-18(15-6-4-13(2)5-7-15)16(12-17)14-8-10-19-11-9-14/h4-7,14,16H,3,8-12,17H2,1-2H3. The van der Waals surface area contributed by atoms with Crippen LogP contribution in [-0.2, 0) is 4.74 Å². The molecule has 1 saturated heterocycles. The zero-order chi connectivity index (χ0) is 13.7. The van der Waals surface area contributed by atoms with E-state index in [4.69, 9.17) is 10.5 Å². The van der Waals surface area contributed by atoms with Crippen LogP contribution >= 0.6 is 0 Å². The number of nitrogens with zero attached hydrogens (tertiary/aromatic N) is 1. The molecule has 1 aromatic rings. The zero-order valence-electron chi connectivity index (χ0n) is 12.1. The highest BCUT2D eigenvalue weighted by Gasteiger charge is 2.27. The highest BCUT2D eigenvalue weighted by Crippen LogP contribution is 2.26. The van der Waals surface area contributed by atoms with Crippen LogP contribution in [0.4, 0.5) is 5.69 Å². The molecular formula is C16H26N2O. The fourth-order valence-corrected chi connectivity index (χ4v) is 3.02. The van der Waals surface area contributed by atoms with Crippen molar-refractivity contribution in [1.29, 1.82) is 0 Å². The average molecular weight is 262 g/mol. The number of aryl methyl sites for hydroxylation is 1. The van der Waals surface area contributed by atoms with Gasteiger partial charge >= 0.3 is 0 Å². The second-order valence-corrected chi connectivity index (χ2v) is 5.37. The van der Waals surface area contributed by atoms with Crippen LogP contribution in [0.3, 0.4) is 0 Å². The first-order valence-electron chi connectivity index (χ1n) is 7.37. The number of benzene rings is 1. The average Bonchev–Trinajstić information content (AvgIpc) is 2.47. The number of hydrogen-bond acceptors (Lipinski definition) is 3. The Labute approximate surface area is 116 Å². The lowest BCUT2D eigenvalue weighted by atomic mass is 9.90. The fraction of sp³-hybridized carbons (Fsp3) is 0.625. The first kappa shape index (κ1) is 14.4. The summed E-state index contributed by atoms with van der Waals surface area (Å²) in [6.45, 7) is 7.81. The molecule has 1 aliphatic rings. The van der Waals surface area contributed by atoms with Gasteiger partial charge in [-0.2, -0.15) is 0 Å². The molecule has 3 nitrogen and oxygen atoms in total. The number of nitrogens with two attached hydrogens (primary N) is 1. The van der Waals surface area contributed by atoms with Gasteiger partial charge in [0.15, 0.2) is 0 Å². The third-order valence-corrected chi connectivity index (χ3v) is 4.16. The van der Waals surface area contributed by atoms with Crippen LogP contribution in [0, 0.1) is 12.8 Å². The van der Waals surface area contributed by atoms with Crippen LogP contribution in [-0.4, -0.2) is 32.3 Å². The minimum atomic E-state index is 0.427. The highest BCUT2D eigenvalue weighted by molar-refractivity contribution is 5.48. The summed E-state index contributed by atoms with van der Waals surface area (Å²) in [6, 6.07) is 9.20. The molecule has 1 fully saturated rings. The van der Waals surface area contributed by atoms with E-state index in [1.54, 1.807) is 0 Å². The first-order chi connectivity index (χ1) is 9.26. The van der Waals surface area contributed by atoms with E-state index >= 15 is 0 Å². The number of rotatable bonds is 5. The first-order valence-corrected chi connectivity index (χ1v) is 7.37. The molecule has 2 rings (SSSR count). The molecule has 1 heterocycles. The van der Waals surface area contributed by atoms with Crippen LogP contribution in [0.25, 0.3) is 0 Å². The highest BCUT2D eigenvalue weighted by atomic mass is 16.5. The van der Waals surface area contributed by atoms with Crippen molar-refractivity contribution in [3.63, 3.8) is 0 Å². The molecule has 2 N–H and O–H groups in total. The minimum Gasteiger partial charge on any atom is -0.381 e. The number of hydrogen-bond donors (Lipinski definition) is 1. The van der Waals surface area contributed by atoms with Crippen molar-refractivity contribution in [1.82, 2.24) is 0 Å². The Bertz CT molecular complexity index is 371. The Kier molecular flexibility index (Phi) is 5.23. The molecule has 0 bridgehead atoms. The molecule has 0 aliphatic carbocycles. The van der Waals surface area contributed by atoms with Crippen LogP contribution in [0.1, 0.15) is 25.3 Å². The Morgan fingerprint density at radius 2 is 1.89 bits per heavy atom. The van der Waals surface area contributed by atoms with Crippen molar-refractivity contribution >= 4 is 5.69 Å². The van der Waals surface area contributed by atoms with Crippen molar-refractivity contribution in [3.8, 4) is 0 Å². The molecule has 1 aliphatic heterocycles. The summed E-state index contributed by atoms with van der Waals surface area (Å²) >= 11 is 0. The van der Waals surface area contributed by atoms with Crippen LogP contribution in [0.15, 0.2) is 24.3 Å². The maximum Gasteiger partial charge on any atom is 0.0469 e. The molecule has 0 amide bonds. The third-order valence-electron chi connectivity index (χ3n) is 4.16. The Hall–Kier alpha value is -1.06. The largest absolute Gasteiger partial charge is 0.381 e. The van der Waals surface area contributed by atoms with Crippen molar-refractivity contribution in [3.05, 3.63) is 29.8 Å². The lowest BCUT2D eigenvalue weighted by Crippen LogP contribution is -2.47. The quantitative estimate of drug-likeness (QED) is 0.886. The third kappa shape index (κ3) is 3.48. The van der Waals surface area contributed by atoms with Crippen molar-refractivity contribution < 1.29 is 4.74 Å². The summed E-state index contributed by atoms with van der Waals surface area (Å²) in [4.78, 5) is 2.45. The molecule has 19 heavy (non-hydrogen) atoms. The molecule has 0 radical (unpaired) electrons. The summed E-state index contributed by atoms with van der Waals surface area (Å²) in [6.07, 6.45) is 2.26. The molecule has 0 saturated carbocycles. The van der Waals surface area contributed by atoms with Gasteiger partial charge < -0.3 is 15.4 Å². The van der Waals surface area contributed by atoms with Crippen molar-refractivity contribution in [2.45, 2.75) is 32.7 Å². The number of ether oxygens (including phenoxy) is 1. The topological polar surface area (TPSA) is 38.5 Å². The van der Waals surface area contributed by atoms with Gasteiger partial charge in [-0.05, 0) is 44.7 Å². The molecule has 106 valence electrons. The fourth-order valence-electron chi connectivity index (χ4n) is 3.02. The lowest BCUT2D eigenvalue weighted by molar-refractivity contribution is 0.0584. The smallest absolute Gasteiger partial charge is 0.0469 e. The van der Waals surface area contributed by atoms with Gasteiger partial charge in [-0.1, -0.05) is 17.7 Å². The summed E-state index contributed by atoms with van der Waals surface area (Å²) in [5, 5.41) is 0. The van der Waals surface area contributed by atoms with E-state index in [2.05, 4.69) is 43.0 Å². The molecular weight excluding hydrogens is 236 g/mol. The van der Waals surface area contributed by atoms with Crippen LogP contribution < -0.4 is 10.6 Å². The summed E-state index contributed by atoms with van der Waals surface area (Å²) in [7, 11) is 0. The van der Waals surface area contributed by atoms with Gasteiger partial charge in [0.2, 0.25) is 0 Å². The van der Waals surface area contributed by atoms with Gasteiger partial charge in [0, 0.05) is 38.0 Å². The van der Waals surface area contributed by atoms with Gasteiger partial charge in [-0.3, -0.25) is 0 Å². The lowest BCUT2D eigenvalue weighted by Gasteiger charge is -2.39. The summed E-state index contributed by atoms with van der Waals surface area (Å²) in [5.74, 6) is 0.653. The van der Waals surface area contributed by atoms with E-state index in [1.165, 1.54) is 11.3 Å². The Morgan fingerprint density at radius 3 is 2.42 bits per heavy atom. The van der Waals surface area contributed by atoms with E-state index in [-0.39, 0.29) is 0 Å². The van der Waals surface area contributed by atoms with Crippen LogP contribution in [0.5, 0.6) is 0 Å². The Balaban J connectivity index is 2.15. The molecule has 0 spiro atoms. The molecule has 1 unspecified atom stereocenters. The molecule has 1 atom stereocenters. The van der Waals surface area contributed by atoms with Gasteiger partial charge in [-0.15, -0.1) is 0 Å². The Morgan fingerprint density at radius 1 is 1.26 bits per heavy atom. The molecule has 0 aromatic heterocycles. The van der Waals surface area contributed by atoms with Crippen molar-refractivity contribution in [2.75, 3.05) is 31.2 Å². The molecule has 1 aromatic carbocycles. The van der Waals surface area contributed by atoms with E-state index in [9.17, 15) is 0 Å². The van der Waals surface area contributed by atoms with E-state index < -0.39 is 0 Å². The number of anilines is 1. The minimum absolute atomic E-state index is 0.427. The predicted molar refractivity (Wildman–Crippen MR) is 80.6 cm³/mol. The molecule has 3 heteroatoms. The van der Waals surface area contributed by atoms with Gasteiger partial charge in [0.05, 0.1) is 0 Å². The predicted octanol–water partition coefficient (Wildman–Crippen LogP) is 2.58.